The summed E-state index contributed by atoms with van der Waals surface area (Å²) in [5.41, 5.74) is 0. The van der Waals surface area contributed by atoms with Crippen LogP contribution in [0.2, 0.25) is 0 Å². The highest BCUT2D eigenvalue weighted by molar-refractivity contribution is 5.69. The summed E-state index contributed by atoms with van der Waals surface area (Å²) in [7, 11) is 0. The van der Waals surface area contributed by atoms with Crippen molar-refractivity contribution in [2.75, 3.05) is 151 Å². The van der Waals surface area contributed by atoms with Crippen molar-refractivity contribution in [3.05, 3.63) is 0 Å². The van der Waals surface area contributed by atoms with E-state index < -0.39 is 17.9 Å². The maximum absolute atomic E-state index is 11.5. The number of ether oxygens (including phenoxy) is 4. The molecule has 3 N–H and O–H groups in total. The Bertz CT molecular complexity index is 701. The van der Waals surface area contributed by atoms with Crippen LogP contribution in [0.1, 0.15) is 0 Å². The molecule has 0 spiro atoms. The quantitative estimate of drug-likeness (QED) is 0.265. The summed E-state index contributed by atoms with van der Waals surface area (Å²) in [4.78, 5) is 44.3. The lowest BCUT2D eigenvalue weighted by Crippen LogP contribution is -2.49. The number of carbonyl (C=O) groups is 3. The Balaban J connectivity index is 2.02. The molecule has 2 aliphatic rings. The first kappa shape index (κ1) is 35.2. The number of carboxylic acid groups (broad SMARTS) is 3. The average Bonchev–Trinajstić information content (AvgIpc) is 2.92. The fourth-order valence-electron chi connectivity index (χ4n) is 4.62. The molecule has 41 heavy (non-hydrogen) atoms. The van der Waals surface area contributed by atoms with Gasteiger partial charge in [0.1, 0.15) is 0 Å². The van der Waals surface area contributed by atoms with Gasteiger partial charge in [-0.25, -0.2) is 0 Å². The molecule has 2 saturated heterocycles. The number of aliphatic carboxylic acids is 3. The van der Waals surface area contributed by atoms with Gasteiger partial charge in [0.15, 0.2) is 0 Å². The fraction of sp³-hybridized carbons (Fsp3) is 0.885. The highest BCUT2D eigenvalue weighted by atomic mass is 16.6. The SMILES string of the molecule is O=C(O)CN1CCN(CCN2CCOCCOCCOCCOCC2)CCN(CC(=O)O)CCN(CC(=O)O)CC1. The molecule has 0 aromatic rings. The van der Waals surface area contributed by atoms with Crippen LogP contribution < -0.4 is 0 Å². The second-order valence-electron chi connectivity index (χ2n) is 10.1. The first-order valence-corrected chi connectivity index (χ1v) is 14.4. The standard InChI is InChI=1S/C26H49N5O10/c32-24(33)21-29-5-3-27(4-6-30(22-25(34)35)8-10-31(9-7-29)23-26(36)37)1-2-28-11-13-38-15-17-40-19-20-41-18-16-39-14-12-28/h1-23H2,(H,32,33)(H,34,35)(H,36,37). The minimum Gasteiger partial charge on any atom is -0.480 e. The summed E-state index contributed by atoms with van der Waals surface area (Å²) in [5, 5.41) is 28.2. The van der Waals surface area contributed by atoms with Gasteiger partial charge >= 0.3 is 17.9 Å². The van der Waals surface area contributed by atoms with E-state index in [2.05, 4.69) is 9.80 Å². The van der Waals surface area contributed by atoms with Gasteiger partial charge in [-0.3, -0.25) is 38.9 Å². The van der Waals surface area contributed by atoms with E-state index in [9.17, 15) is 29.7 Å². The topological polar surface area (TPSA) is 165 Å². The Hall–Kier alpha value is -1.95. The highest BCUT2D eigenvalue weighted by Gasteiger charge is 2.20. The molecule has 2 fully saturated rings. The number of carboxylic acids is 3. The zero-order valence-corrected chi connectivity index (χ0v) is 24.2. The highest BCUT2D eigenvalue weighted by Crippen LogP contribution is 2.03. The predicted molar refractivity (Wildman–Crippen MR) is 148 cm³/mol. The molecule has 2 heterocycles. The molecule has 0 amide bonds. The van der Waals surface area contributed by atoms with Crippen LogP contribution in [0.3, 0.4) is 0 Å². The largest absolute Gasteiger partial charge is 0.480 e. The molecule has 238 valence electrons. The van der Waals surface area contributed by atoms with Crippen LogP contribution in [-0.4, -0.2) is 209 Å². The van der Waals surface area contributed by atoms with Crippen LogP contribution in [0.25, 0.3) is 0 Å². The number of hydrogen-bond acceptors (Lipinski definition) is 12. The number of rotatable bonds is 9. The summed E-state index contributed by atoms with van der Waals surface area (Å²) in [6.45, 7) is 10.4. The summed E-state index contributed by atoms with van der Waals surface area (Å²) < 4.78 is 22.4. The molecular formula is C26H49N5O10. The molecule has 0 aromatic heterocycles. The molecular weight excluding hydrogens is 542 g/mol. The Labute approximate surface area is 242 Å². The Morgan fingerprint density at radius 2 is 0.634 bits per heavy atom. The van der Waals surface area contributed by atoms with Gasteiger partial charge in [-0.05, 0) is 0 Å². The maximum Gasteiger partial charge on any atom is 0.317 e. The van der Waals surface area contributed by atoms with Gasteiger partial charge in [0.25, 0.3) is 0 Å². The monoisotopic (exact) mass is 591 g/mol. The average molecular weight is 592 g/mol. The van der Waals surface area contributed by atoms with Crippen molar-refractivity contribution in [2.45, 2.75) is 0 Å². The summed E-state index contributed by atoms with van der Waals surface area (Å²) in [6.07, 6.45) is 0. The van der Waals surface area contributed by atoms with Crippen LogP contribution in [0, 0.1) is 0 Å². The lowest BCUT2D eigenvalue weighted by atomic mass is 10.3. The van der Waals surface area contributed by atoms with Gasteiger partial charge in [-0.15, -0.1) is 0 Å². The first-order chi connectivity index (χ1) is 19.8. The van der Waals surface area contributed by atoms with Crippen molar-refractivity contribution >= 4 is 17.9 Å². The van der Waals surface area contributed by atoms with E-state index in [4.69, 9.17) is 18.9 Å². The summed E-state index contributed by atoms with van der Waals surface area (Å²) >= 11 is 0. The molecule has 0 unspecified atom stereocenters. The minimum absolute atomic E-state index is 0.131. The van der Waals surface area contributed by atoms with Crippen LogP contribution in [0.5, 0.6) is 0 Å². The molecule has 0 aliphatic carbocycles. The molecule has 0 saturated carbocycles. The van der Waals surface area contributed by atoms with Crippen LogP contribution in [-0.2, 0) is 33.3 Å². The molecule has 0 bridgehead atoms. The minimum atomic E-state index is -0.974. The van der Waals surface area contributed by atoms with Crippen molar-refractivity contribution < 1.29 is 48.7 Å². The molecule has 0 atom stereocenters. The zero-order valence-electron chi connectivity index (χ0n) is 24.2. The van der Waals surface area contributed by atoms with E-state index in [1.54, 1.807) is 4.90 Å². The first-order valence-electron chi connectivity index (χ1n) is 14.4. The third-order valence-corrected chi connectivity index (χ3v) is 6.96. The molecule has 15 nitrogen and oxygen atoms in total. The predicted octanol–water partition coefficient (Wildman–Crippen LogP) is -2.16. The van der Waals surface area contributed by atoms with Gasteiger partial charge in [0.05, 0.1) is 72.5 Å². The third kappa shape index (κ3) is 18.3. The van der Waals surface area contributed by atoms with E-state index in [1.165, 1.54) is 0 Å². The Morgan fingerprint density at radius 1 is 0.390 bits per heavy atom. The van der Waals surface area contributed by atoms with Crippen molar-refractivity contribution in [1.29, 1.82) is 0 Å². The smallest absolute Gasteiger partial charge is 0.317 e. The van der Waals surface area contributed by atoms with Crippen LogP contribution >= 0.6 is 0 Å². The lowest BCUT2D eigenvalue weighted by Gasteiger charge is -2.34. The van der Waals surface area contributed by atoms with E-state index in [0.29, 0.717) is 112 Å². The van der Waals surface area contributed by atoms with Crippen LogP contribution in [0.4, 0.5) is 0 Å². The summed E-state index contributed by atoms with van der Waals surface area (Å²) in [6, 6.07) is 0. The van der Waals surface area contributed by atoms with E-state index in [-0.39, 0.29) is 19.6 Å². The van der Waals surface area contributed by atoms with Crippen LogP contribution in [0.15, 0.2) is 0 Å². The van der Waals surface area contributed by atoms with Crippen molar-refractivity contribution in [1.82, 2.24) is 24.5 Å². The molecule has 2 aliphatic heterocycles. The molecule has 0 radical (unpaired) electrons. The molecule has 2 rings (SSSR count). The molecule has 15 heteroatoms. The second kappa shape index (κ2) is 21.7. The van der Waals surface area contributed by atoms with Gasteiger partial charge < -0.3 is 34.3 Å². The second-order valence-corrected chi connectivity index (χ2v) is 10.1. The van der Waals surface area contributed by atoms with E-state index in [1.807, 2.05) is 9.80 Å². The molecule has 0 aromatic carbocycles. The third-order valence-electron chi connectivity index (χ3n) is 6.96. The van der Waals surface area contributed by atoms with Gasteiger partial charge in [0.2, 0.25) is 0 Å². The Morgan fingerprint density at radius 3 is 0.927 bits per heavy atom. The fourth-order valence-corrected chi connectivity index (χ4v) is 4.62. The van der Waals surface area contributed by atoms with E-state index in [0.717, 1.165) is 19.6 Å². The van der Waals surface area contributed by atoms with Gasteiger partial charge in [-0.1, -0.05) is 0 Å². The summed E-state index contributed by atoms with van der Waals surface area (Å²) in [5.74, 6) is -2.84. The van der Waals surface area contributed by atoms with Gasteiger partial charge in [-0.2, -0.15) is 0 Å². The van der Waals surface area contributed by atoms with Crippen molar-refractivity contribution in [3.63, 3.8) is 0 Å². The van der Waals surface area contributed by atoms with E-state index >= 15 is 0 Å². The number of nitrogens with zero attached hydrogens (tertiary/aromatic N) is 5. The number of hydrogen-bond donors (Lipinski definition) is 3. The zero-order chi connectivity index (χ0) is 29.7. The lowest BCUT2D eigenvalue weighted by molar-refractivity contribution is -0.140. The van der Waals surface area contributed by atoms with Crippen molar-refractivity contribution in [2.24, 2.45) is 0 Å². The van der Waals surface area contributed by atoms with Gasteiger partial charge in [0, 0.05) is 78.5 Å². The maximum atomic E-state index is 11.5. The Kier molecular flexibility index (Phi) is 18.7. The normalized spacial score (nSPS) is 22.5. The van der Waals surface area contributed by atoms with Crippen molar-refractivity contribution in [3.8, 4) is 0 Å².